The van der Waals surface area contributed by atoms with Crippen LogP contribution in [0.2, 0.25) is 0 Å². The Morgan fingerprint density at radius 1 is 0.833 bits per heavy atom. The summed E-state index contributed by atoms with van der Waals surface area (Å²) in [6.45, 7) is 1.13. The highest BCUT2D eigenvalue weighted by Crippen LogP contribution is 1.68. The molecule has 0 aliphatic carbocycles. The third-order valence-electron chi connectivity index (χ3n) is 0.707. The fourth-order valence-corrected chi connectivity index (χ4v) is 0.299. The predicted octanol–water partition coefficient (Wildman–Crippen LogP) is -2.18. The van der Waals surface area contributed by atoms with Crippen LogP contribution in [0.5, 0.6) is 0 Å². The summed E-state index contributed by atoms with van der Waals surface area (Å²) in [5.74, 6) is 0. The van der Waals surface area contributed by atoms with E-state index in [0.29, 0.717) is 13.2 Å². The van der Waals surface area contributed by atoms with Gasteiger partial charge in [0.05, 0.1) is 39.9 Å². The summed E-state index contributed by atoms with van der Waals surface area (Å²) >= 11 is 0. The molecule has 0 aromatic carbocycles. The Hall–Kier alpha value is -0.240. The minimum atomic E-state index is 0.0278. The van der Waals surface area contributed by atoms with Crippen molar-refractivity contribution < 1.29 is 19.7 Å². The lowest BCUT2D eigenvalue weighted by Gasteiger charge is -1.94. The number of hydrogen-bond acceptors (Lipinski definition) is 6. The van der Waals surface area contributed by atoms with E-state index in [2.05, 4.69) is 9.47 Å². The van der Waals surface area contributed by atoms with Crippen LogP contribution < -0.4 is 11.5 Å². The van der Waals surface area contributed by atoms with Gasteiger partial charge in [0, 0.05) is 0 Å². The van der Waals surface area contributed by atoms with E-state index < -0.39 is 0 Å². The summed E-state index contributed by atoms with van der Waals surface area (Å²) in [6, 6.07) is 0. The standard InChI is InChI=1S/C4H10O3.C2H8N2O/c5-1-3-7-4-2-6;3-1-5-2-4/h5-6H,1-4H2;1-4H2. The van der Waals surface area contributed by atoms with Crippen molar-refractivity contribution in [1.82, 2.24) is 0 Å². The highest BCUT2D eigenvalue weighted by molar-refractivity contribution is 4.24. The number of ether oxygens (including phenoxy) is 2. The number of rotatable bonds is 6. The van der Waals surface area contributed by atoms with Gasteiger partial charge in [-0.05, 0) is 0 Å². The average Bonchev–Trinajstić information content (AvgIpc) is 2.08. The molecule has 0 radical (unpaired) electrons. The molecule has 0 heterocycles. The van der Waals surface area contributed by atoms with Crippen molar-refractivity contribution in [3.8, 4) is 0 Å². The van der Waals surface area contributed by atoms with Gasteiger partial charge >= 0.3 is 0 Å². The maximum atomic E-state index is 8.09. The molecule has 0 aromatic heterocycles. The molecule has 76 valence electrons. The highest BCUT2D eigenvalue weighted by Gasteiger charge is 1.79. The molecule has 0 fully saturated rings. The molecule has 0 spiro atoms. The zero-order valence-electron chi connectivity index (χ0n) is 7.11. The number of aliphatic hydroxyl groups excluding tert-OH is 2. The van der Waals surface area contributed by atoms with E-state index in [1.54, 1.807) is 0 Å². The average molecular weight is 182 g/mol. The van der Waals surface area contributed by atoms with Gasteiger partial charge in [0.25, 0.3) is 0 Å². The van der Waals surface area contributed by atoms with E-state index >= 15 is 0 Å². The first-order chi connectivity index (χ1) is 5.83. The summed E-state index contributed by atoms with van der Waals surface area (Å²) in [6.07, 6.45) is 0. The van der Waals surface area contributed by atoms with Crippen molar-refractivity contribution in [3.63, 3.8) is 0 Å². The van der Waals surface area contributed by atoms with Gasteiger partial charge in [0.1, 0.15) is 0 Å². The van der Waals surface area contributed by atoms with Gasteiger partial charge in [-0.25, -0.2) is 0 Å². The van der Waals surface area contributed by atoms with Crippen molar-refractivity contribution >= 4 is 0 Å². The van der Waals surface area contributed by atoms with Crippen molar-refractivity contribution in [2.75, 3.05) is 39.9 Å². The van der Waals surface area contributed by atoms with Gasteiger partial charge in [-0.3, -0.25) is 0 Å². The third kappa shape index (κ3) is 22.6. The molecule has 0 aliphatic heterocycles. The van der Waals surface area contributed by atoms with Crippen LogP contribution in [-0.2, 0) is 9.47 Å². The maximum Gasteiger partial charge on any atom is 0.0958 e. The monoisotopic (exact) mass is 182 g/mol. The zero-order valence-corrected chi connectivity index (χ0v) is 7.11. The van der Waals surface area contributed by atoms with Gasteiger partial charge in [0.2, 0.25) is 0 Å². The summed E-state index contributed by atoms with van der Waals surface area (Å²) in [5, 5.41) is 16.2. The van der Waals surface area contributed by atoms with Gasteiger partial charge in [-0.15, -0.1) is 0 Å². The molecule has 0 unspecified atom stereocenters. The lowest BCUT2D eigenvalue weighted by Crippen LogP contribution is -2.10. The summed E-state index contributed by atoms with van der Waals surface area (Å²) in [5.41, 5.74) is 9.67. The second kappa shape index (κ2) is 17.0. The van der Waals surface area contributed by atoms with Crippen LogP contribution >= 0.6 is 0 Å². The molecule has 0 atom stereocenters. The Bertz CT molecular complexity index is 59.5. The molecule has 0 rings (SSSR count). The summed E-state index contributed by atoms with van der Waals surface area (Å²) in [4.78, 5) is 0. The quantitative estimate of drug-likeness (QED) is 0.274. The molecular formula is C6H18N2O4. The fourth-order valence-electron chi connectivity index (χ4n) is 0.299. The maximum absolute atomic E-state index is 8.09. The first-order valence-corrected chi connectivity index (χ1v) is 3.60. The molecule has 6 nitrogen and oxygen atoms in total. The van der Waals surface area contributed by atoms with E-state index in [1.807, 2.05) is 0 Å². The van der Waals surface area contributed by atoms with Crippen LogP contribution in [0, 0.1) is 0 Å². The molecule has 6 heteroatoms. The molecule has 0 saturated carbocycles. The molecular weight excluding hydrogens is 164 g/mol. The van der Waals surface area contributed by atoms with Crippen molar-refractivity contribution in [2.24, 2.45) is 11.5 Å². The Balaban J connectivity index is 0. The smallest absolute Gasteiger partial charge is 0.0958 e. The minimum absolute atomic E-state index is 0.0278. The number of hydrogen-bond donors (Lipinski definition) is 4. The van der Waals surface area contributed by atoms with Crippen LogP contribution in [0.1, 0.15) is 0 Å². The van der Waals surface area contributed by atoms with Crippen LogP contribution in [0.4, 0.5) is 0 Å². The Morgan fingerprint density at radius 3 is 1.42 bits per heavy atom. The first kappa shape index (κ1) is 14.3. The van der Waals surface area contributed by atoms with Gasteiger partial charge in [-0.1, -0.05) is 0 Å². The van der Waals surface area contributed by atoms with Crippen molar-refractivity contribution in [1.29, 1.82) is 0 Å². The first-order valence-electron chi connectivity index (χ1n) is 3.60. The predicted molar refractivity (Wildman–Crippen MR) is 44.2 cm³/mol. The number of nitrogens with two attached hydrogens (primary N) is 2. The topological polar surface area (TPSA) is 111 Å². The summed E-state index contributed by atoms with van der Waals surface area (Å²) < 4.78 is 9.02. The second-order valence-corrected chi connectivity index (χ2v) is 1.60. The van der Waals surface area contributed by atoms with Gasteiger partial charge in [0.15, 0.2) is 0 Å². The Labute approximate surface area is 72.1 Å². The zero-order chi connectivity index (χ0) is 9.66. The molecule has 0 aliphatic rings. The van der Waals surface area contributed by atoms with Crippen LogP contribution in [0.25, 0.3) is 0 Å². The molecule has 12 heavy (non-hydrogen) atoms. The Kier molecular flexibility index (Phi) is 20.3. The van der Waals surface area contributed by atoms with Crippen LogP contribution in [0.15, 0.2) is 0 Å². The second-order valence-electron chi connectivity index (χ2n) is 1.60. The third-order valence-corrected chi connectivity index (χ3v) is 0.707. The van der Waals surface area contributed by atoms with Crippen LogP contribution in [0.3, 0.4) is 0 Å². The van der Waals surface area contributed by atoms with E-state index in [9.17, 15) is 0 Å². The van der Waals surface area contributed by atoms with E-state index in [4.69, 9.17) is 21.7 Å². The van der Waals surface area contributed by atoms with Gasteiger partial charge in [-0.2, -0.15) is 0 Å². The van der Waals surface area contributed by atoms with Crippen LogP contribution in [-0.4, -0.2) is 50.1 Å². The minimum Gasteiger partial charge on any atom is -0.394 e. The Morgan fingerprint density at radius 2 is 1.25 bits per heavy atom. The largest absolute Gasteiger partial charge is 0.394 e. The summed E-state index contributed by atoms with van der Waals surface area (Å²) in [7, 11) is 0. The van der Waals surface area contributed by atoms with E-state index in [1.165, 1.54) is 0 Å². The SMILES string of the molecule is NCOCN.OCCOCCO. The normalized spacial score (nSPS) is 9.00. The van der Waals surface area contributed by atoms with Gasteiger partial charge < -0.3 is 31.2 Å². The highest BCUT2D eigenvalue weighted by atomic mass is 16.5. The number of aliphatic hydroxyl groups is 2. The molecule has 0 amide bonds. The molecule has 0 saturated heterocycles. The molecule has 0 bridgehead atoms. The molecule has 6 N–H and O–H groups in total. The van der Waals surface area contributed by atoms with E-state index in [-0.39, 0.29) is 26.7 Å². The lowest BCUT2D eigenvalue weighted by atomic mass is 10.7. The van der Waals surface area contributed by atoms with E-state index in [0.717, 1.165) is 0 Å². The molecule has 0 aromatic rings. The van der Waals surface area contributed by atoms with Crippen molar-refractivity contribution in [2.45, 2.75) is 0 Å². The van der Waals surface area contributed by atoms with Crippen molar-refractivity contribution in [3.05, 3.63) is 0 Å². The fraction of sp³-hybridized carbons (Fsp3) is 1.00. The lowest BCUT2D eigenvalue weighted by molar-refractivity contribution is 0.0650.